The molecule has 0 N–H and O–H groups in total. The third-order valence-corrected chi connectivity index (χ3v) is 3.28. The Morgan fingerprint density at radius 1 is 1.24 bits per heavy atom. The molecule has 0 heterocycles. The highest BCUT2D eigenvalue weighted by atomic mass is 16.5. The fraction of sp³-hybridized carbons (Fsp3) is 0.429. The van der Waals surface area contributed by atoms with Gasteiger partial charge in [-0.25, -0.2) is 0 Å². The van der Waals surface area contributed by atoms with Gasteiger partial charge in [0.1, 0.15) is 0 Å². The van der Waals surface area contributed by atoms with Gasteiger partial charge in [0.15, 0.2) is 5.78 Å². The second-order valence-electron chi connectivity index (χ2n) is 4.39. The van der Waals surface area contributed by atoms with Gasteiger partial charge in [-0.3, -0.25) is 9.59 Å². The summed E-state index contributed by atoms with van der Waals surface area (Å²) in [6.07, 6.45) is 1.59. The molecule has 0 spiro atoms. The highest BCUT2D eigenvalue weighted by molar-refractivity contribution is 6.02. The molecule has 0 aromatic heterocycles. The topological polar surface area (TPSA) is 43.4 Å². The van der Waals surface area contributed by atoms with Gasteiger partial charge < -0.3 is 4.74 Å². The normalized spacial score (nSPS) is 22.0. The van der Waals surface area contributed by atoms with E-state index in [1.807, 2.05) is 24.3 Å². The zero-order chi connectivity index (χ0) is 12.4. The standard InChI is InChI=1S/C14H16O3/c1-3-9-4-6-10(7-5-9)13(15)11-8-12(11)14(16)17-2/h4-7,11-12H,3,8H2,1-2H3/t11-,12-/m0/s1. The van der Waals surface area contributed by atoms with Crippen LogP contribution in [0.5, 0.6) is 0 Å². The fourth-order valence-electron chi connectivity index (χ4n) is 2.02. The number of ether oxygens (including phenoxy) is 1. The maximum absolute atomic E-state index is 12.0. The van der Waals surface area contributed by atoms with Crippen LogP contribution in [0.3, 0.4) is 0 Å². The van der Waals surface area contributed by atoms with Crippen molar-refractivity contribution in [2.24, 2.45) is 11.8 Å². The molecule has 0 saturated heterocycles. The first-order chi connectivity index (χ1) is 8.17. The smallest absolute Gasteiger partial charge is 0.309 e. The van der Waals surface area contributed by atoms with E-state index in [1.54, 1.807) is 0 Å². The molecule has 0 radical (unpaired) electrons. The van der Waals surface area contributed by atoms with E-state index in [-0.39, 0.29) is 23.6 Å². The number of carbonyl (C=O) groups excluding carboxylic acids is 2. The predicted molar refractivity (Wildman–Crippen MR) is 63.8 cm³/mol. The van der Waals surface area contributed by atoms with Gasteiger partial charge in [-0.2, -0.15) is 0 Å². The van der Waals surface area contributed by atoms with Gasteiger partial charge in [0, 0.05) is 11.5 Å². The lowest BCUT2D eigenvalue weighted by Crippen LogP contribution is -2.10. The first-order valence-electron chi connectivity index (χ1n) is 5.88. The molecular formula is C14H16O3. The molecule has 1 aliphatic rings. The Kier molecular flexibility index (Phi) is 3.27. The van der Waals surface area contributed by atoms with Crippen molar-refractivity contribution >= 4 is 11.8 Å². The van der Waals surface area contributed by atoms with Crippen molar-refractivity contribution < 1.29 is 14.3 Å². The lowest BCUT2D eigenvalue weighted by atomic mass is 10.0. The average Bonchev–Trinajstić information content (AvgIpc) is 3.17. The van der Waals surface area contributed by atoms with Crippen LogP contribution in [-0.2, 0) is 16.0 Å². The number of esters is 1. The van der Waals surface area contributed by atoms with Crippen LogP contribution < -0.4 is 0 Å². The Balaban J connectivity index is 2.04. The maximum Gasteiger partial charge on any atom is 0.309 e. The number of Topliss-reactive ketones (excluding diaryl/α,β-unsaturated/α-hetero) is 1. The van der Waals surface area contributed by atoms with Crippen LogP contribution in [0, 0.1) is 11.8 Å². The van der Waals surface area contributed by atoms with Crippen LogP contribution in [0.4, 0.5) is 0 Å². The van der Waals surface area contributed by atoms with Crippen LogP contribution in [0.1, 0.15) is 29.3 Å². The summed E-state index contributed by atoms with van der Waals surface area (Å²) in [6.45, 7) is 2.07. The summed E-state index contributed by atoms with van der Waals surface area (Å²) in [7, 11) is 1.36. The number of rotatable bonds is 4. The summed E-state index contributed by atoms with van der Waals surface area (Å²) in [5.41, 5.74) is 1.90. The number of carbonyl (C=O) groups is 2. The summed E-state index contributed by atoms with van der Waals surface area (Å²) in [5.74, 6) is -0.607. The highest BCUT2D eigenvalue weighted by Gasteiger charge is 2.48. The zero-order valence-electron chi connectivity index (χ0n) is 10.1. The Morgan fingerprint density at radius 3 is 2.41 bits per heavy atom. The van der Waals surface area contributed by atoms with Crippen molar-refractivity contribution in [2.75, 3.05) is 7.11 Å². The van der Waals surface area contributed by atoms with Crippen molar-refractivity contribution in [3.63, 3.8) is 0 Å². The largest absolute Gasteiger partial charge is 0.469 e. The molecule has 1 aromatic carbocycles. The minimum absolute atomic E-state index is 0.0584. The Labute approximate surface area is 101 Å². The first-order valence-corrected chi connectivity index (χ1v) is 5.88. The molecule has 1 saturated carbocycles. The molecule has 17 heavy (non-hydrogen) atoms. The molecule has 2 atom stereocenters. The van der Waals surface area contributed by atoms with Crippen LogP contribution in [-0.4, -0.2) is 18.9 Å². The molecule has 2 rings (SSSR count). The second kappa shape index (κ2) is 4.70. The van der Waals surface area contributed by atoms with Gasteiger partial charge in [0.25, 0.3) is 0 Å². The molecule has 0 unspecified atom stereocenters. The third kappa shape index (κ3) is 2.38. The summed E-state index contributed by atoms with van der Waals surface area (Å²) < 4.78 is 4.64. The minimum atomic E-state index is -0.270. The number of ketones is 1. The number of benzene rings is 1. The summed E-state index contributed by atoms with van der Waals surface area (Å²) >= 11 is 0. The molecule has 1 fully saturated rings. The van der Waals surface area contributed by atoms with E-state index in [0.717, 1.165) is 6.42 Å². The van der Waals surface area contributed by atoms with E-state index in [4.69, 9.17) is 0 Å². The Hall–Kier alpha value is -1.64. The molecule has 90 valence electrons. The predicted octanol–water partition coefficient (Wildman–Crippen LogP) is 2.24. The average molecular weight is 232 g/mol. The molecule has 3 heteroatoms. The van der Waals surface area contributed by atoms with E-state index >= 15 is 0 Å². The molecule has 0 bridgehead atoms. The summed E-state index contributed by atoms with van der Waals surface area (Å²) in [5, 5.41) is 0. The fourth-order valence-corrected chi connectivity index (χ4v) is 2.02. The van der Waals surface area contributed by atoms with E-state index < -0.39 is 0 Å². The molecule has 3 nitrogen and oxygen atoms in total. The third-order valence-electron chi connectivity index (χ3n) is 3.28. The lowest BCUT2D eigenvalue weighted by molar-refractivity contribution is -0.142. The summed E-state index contributed by atoms with van der Waals surface area (Å²) in [4.78, 5) is 23.3. The first kappa shape index (κ1) is 11.8. The van der Waals surface area contributed by atoms with E-state index in [9.17, 15) is 9.59 Å². The van der Waals surface area contributed by atoms with Crippen molar-refractivity contribution in [1.82, 2.24) is 0 Å². The van der Waals surface area contributed by atoms with Crippen molar-refractivity contribution in [2.45, 2.75) is 19.8 Å². The SMILES string of the molecule is CCc1ccc(C(=O)[C@H]2C[C@@H]2C(=O)OC)cc1. The van der Waals surface area contributed by atoms with Crippen LogP contribution in [0.2, 0.25) is 0 Å². The van der Waals surface area contributed by atoms with Gasteiger partial charge in [-0.15, -0.1) is 0 Å². The Morgan fingerprint density at radius 2 is 1.88 bits per heavy atom. The Bertz CT molecular complexity index is 433. The van der Waals surface area contributed by atoms with Gasteiger partial charge in [-0.1, -0.05) is 31.2 Å². The molecule has 0 aliphatic heterocycles. The van der Waals surface area contributed by atoms with Gasteiger partial charge >= 0.3 is 5.97 Å². The lowest BCUT2D eigenvalue weighted by Gasteiger charge is -2.01. The van der Waals surface area contributed by atoms with E-state index in [1.165, 1.54) is 12.7 Å². The van der Waals surface area contributed by atoms with Gasteiger partial charge in [0.05, 0.1) is 13.0 Å². The number of aryl methyl sites for hydroxylation is 1. The maximum atomic E-state index is 12.0. The molecule has 0 amide bonds. The van der Waals surface area contributed by atoms with Crippen molar-refractivity contribution in [3.8, 4) is 0 Å². The van der Waals surface area contributed by atoms with Gasteiger partial charge in [-0.05, 0) is 18.4 Å². The quantitative estimate of drug-likeness (QED) is 0.590. The van der Waals surface area contributed by atoms with Crippen LogP contribution in [0.15, 0.2) is 24.3 Å². The molecule has 1 aliphatic carbocycles. The molecule has 1 aromatic rings. The van der Waals surface area contributed by atoms with Crippen molar-refractivity contribution in [3.05, 3.63) is 35.4 Å². The second-order valence-corrected chi connectivity index (χ2v) is 4.39. The molecular weight excluding hydrogens is 216 g/mol. The minimum Gasteiger partial charge on any atom is -0.469 e. The van der Waals surface area contributed by atoms with E-state index in [2.05, 4.69) is 11.7 Å². The number of hydrogen-bond donors (Lipinski definition) is 0. The highest BCUT2D eigenvalue weighted by Crippen LogP contribution is 2.41. The summed E-state index contributed by atoms with van der Waals surface area (Å²) in [6, 6.07) is 7.60. The zero-order valence-corrected chi connectivity index (χ0v) is 10.1. The number of methoxy groups -OCH3 is 1. The van der Waals surface area contributed by atoms with Crippen LogP contribution in [0.25, 0.3) is 0 Å². The van der Waals surface area contributed by atoms with Crippen molar-refractivity contribution in [1.29, 1.82) is 0 Å². The van der Waals surface area contributed by atoms with E-state index in [0.29, 0.717) is 12.0 Å². The van der Waals surface area contributed by atoms with Crippen LogP contribution >= 0.6 is 0 Å². The monoisotopic (exact) mass is 232 g/mol. The number of hydrogen-bond acceptors (Lipinski definition) is 3. The van der Waals surface area contributed by atoms with Gasteiger partial charge in [0.2, 0.25) is 0 Å².